The van der Waals surface area contributed by atoms with Gasteiger partial charge in [-0.3, -0.25) is 9.59 Å². The highest BCUT2D eigenvalue weighted by Crippen LogP contribution is 2.13. The van der Waals surface area contributed by atoms with Crippen molar-refractivity contribution in [2.24, 2.45) is 12.1 Å². The first kappa shape index (κ1) is 17.5. The molecule has 0 aliphatic rings. The number of anilines is 1. The average Bonchev–Trinajstić information content (AvgIpc) is 2.59. The molecule has 6 nitrogen and oxygen atoms in total. The van der Waals surface area contributed by atoms with Crippen LogP contribution in [-0.4, -0.2) is 29.8 Å². The number of hydrazone groups is 1. The molecule has 2 aromatic rings. The third-order valence-electron chi connectivity index (χ3n) is 3.77. The predicted molar refractivity (Wildman–Crippen MR) is 96.7 cm³/mol. The highest BCUT2D eigenvalue weighted by molar-refractivity contribution is 5.94. The van der Waals surface area contributed by atoms with Gasteiger partial charge in [0.1, 0.15) is 5.56 Å². The second-order valence-electron chi connectivity index (χ2n) is 5.30. The molecule has 2 rings (SSSR count). The molecule has 0 saturated carbocycles. The maximum atomic E-state index is 12.0. The van der Waals surface area contributed by atoms with E-state index in [1.165, 1.54) is 10.6 Å². The summed E-state index contributed by atoms with van der Waals surface area (Å²) in [6, 6.07) is 11.0. The molecule has 0 atom stereocenters. The van der Waals surface area contributed by atoms with Crippen LogP contribution >= 0.6 is 0 Å². The first-order chi connectivity index (χ1) is 11.6. The van der Waals surface area contributed by atoms with Crippen molar-refractivity contribution in [3.8, 4) is 0 Å². The maximum Gasteiger partial charge on any atom is 0.276 e. The van der Waals surface area contributed by atoms with E-state index in [1.807, 2.05) is 24.3 Å². The van der Waals surface area contributed by atoms with Gasteiger partial charge >= 0.3 is 0 Å². The van der Waals surface area contributed by atoms with Crippen LogP contribution in [0.4, 0.5) is 5.69 Å². The summed E-state index contributed by atoms with van der Waals surface area (Å²) in [4.78, 5) is 26.1. The summed E-state index contributed by atoms with van der Waals surface area (Å²) in [5.41, 5.74) is 4.11. The summed E-state index contributed by atoms with van der Waals surface area (Å²) in [5, 5.41) is 3.92. The summed E-state index contributed by atoms with van der Waals surface area (Å²) in [7, 11) is 1.60. The van der Waals surface area contributed by atoms with Crippen LogP contribution in [0.1, 0.15) is 29.8 Å². The molecule has 1 aromatic carbocycles. The third kappa shape index (κ3) is 4.10. The molecule has 0 bridgehead atoms. The quantitative estimate of drug-likeness (QED) is 0.652. The molecular weight excluding hydrogens is 304 g/mol. The SMILES string of the molecule is CCN(CC)c1ccc(/C=N\NC(=O)c2cccn(C)c2=O)cc1. The Labute approximate surface area is 141 Å². The van der Waals surface area contributed by atoms with Crippen LogP contribution < -0.4 is 15.9 Å². The van der Waals surface area contributed by atoms with Gasteiger partial charge in [-0.25, -0.2) is 5.43 Å². The second-order valence-corrected chi connectivity index (χ2v) is 5.30. The molecule has 0 aliphatic carbocycles. The number of rotatable bonds is 6. The number of nitrogens with one attached hydrogen (secondary N) is 1. The Morgan fingerprint density at radius 3 is 2.50 bits per heavy atom. The van der Waals surface area contributed by atoms with Gasteiger partial charge in [0.05, 0.1) is 6.21 Å². The van der Waals surface area contributed by atoms with Crippen molar-refractivity contribution in [3.05, 3.63) is 64.1 Å². The van der Waals surface area contributed by atoms with Crippen molar-refractivity contribution >= 4 is 17.8 Å². The number of hydrogen-bond donors (Lipinski definition) is 1. The van der Waals surface area contributed by atoms with Gasteiger partial charge in [0, 0.05) is 32.0 Å². The van der Waals surface area contributed by atoms with Crippen molar-refractivity contribution < 1.29 is 4.79 Å². The summed E-state index contributed by atoms with van der Waals surface area (Å²) in [6.45, 7) is 6.13. The maximum absolute atomic E-state index is 12.0. The average molecular weight is 326 g/mol. The summed E-state index contributed by atoms with van der Waals surface area (Å²) in [5.74, 6) is -0.521. The molecule has 6 heteroatoms. The van der Waals surface area contributed by atoms with Crippen molar-refractivity contribution in [1.29, 1.82) is 0 Å². The molecule has 0 aliphatic heterocycles. The molecule has 0 saturated heterocycles. The van der Waals surface area contributed by atoms with Crippen molar-refractivity contribution in [1.82, 2.24) is 9.99 Å². The molecule has 1 amide bonds. The van der Waals surface area contributed by atoms with Crippen molar-refractivity contribution in [3.63, 3.8) is 0 Å². The van der Waals surface area contributed by atoms with Crippen molar-refractivity contribution in [2.45, 2.75) is 13.8 Å². The van der Waals surface area contributed by atoms with E-state index in [2.05, 4.69) is 29.3 Å². The summed E-state index contributed by atoms with van der Waals surface area (Å²) < 4.78 is 1.35. The standard InChI is InChI=1S/C18H22N4O2/c1-4-22(5-2)15-10-8-14(9-11-15)13-19-20-17(23)16-7-6-12-21(3)18(16)24/h6-13H,4-5H2,1-3H3,(H,20,23)/b19-13-. The zero-order valence-electron chi connectivity index (χ0n) is 14.2. The van der Waals surface area contributed by atoms with Crippen LogP contribution in [0.2, 0.25) is 0 Å². The van der Waals surface area contributed by atoms with Gasteiger partial charge in [0.15, 0.2) is 0 Å². The second kappa shape index (κ2) is 8.10. The minimum atomic E-state index is -0.521. The van der Waals surface area contributed by atoms with Gasteiger partial charge in [-0.05, 0) is 43.7 Å². The Bertz CT molecular complexity index is 774. The van der Waals surface area contributed by atoms with E-state index in [0.717, 1.165) is 24.3 Å². The third-order valence-corrected chi connectivity index (χ3v) is 3.77. The van der Waals surface area contributed by atoms with Gasteiger partial charge in [-0.1, -0.05) is 12.1 Å². The molecule has 0 fully saturated rings. The minimum absolute atomic E-state index is 0.0639. The van der Waals surface area contributed by atoms with Gasteiger partial charge in [0.2, 0.25) is 0 Å². The lowest BCUT2D eigenvalue weighted by Crippen LogP contribution is -2.29. The number of pyridine rings is 1. The molecule has 126 valence electrons. The van der Waals surface area contributed by atoms with E-state index in [9.17, 15) is 9.59 Å². The number of carbonyl (C=O) groups is 1. The summed E-state index contributed by atoms with van der Waals surface area (Å²) in [6.07, 6.45) is 3.15. The Kier molecular flexibility index (Phi) is 5.89. The highest BCUT2D eigenvalue weighted by Gasteiger charge is 2.09. The lowest BCUT2D eigenvalue weighted by atomic mass is 10.2. The number of carbonyl (C=O) groups excluding carboxylic acids is 1. The normalized spacial score (nSPS) is 10.8. The van der Waals surface area contributed by atoms with Gasteiger partial charge in [-0.2, -0.15) is 5.10 Å². The van der Waals surface area contributed by atoms with Gasteiger partial charge in [0.25, 0.3) is 11.5 Å². The largest absolute Gasteiger partial charge is 0.372 e. The summed E-state index contributed by atoms with van der Waals surface area (Å²) >= 11 is 0. The Morgan fingerprint density at radius 2 is 1.88 bits per heavy atom. The van der Waals surface area contributed by atoms with Crippen LogP contribution in [-0.2, 0) is 7.05 Å². The van der Waals surface area contributed by atoms with Crippen LogP contribution in [0.25, 0.3) is 0 Å². The highest BCUT2D eigenvalue weighted by atomic mass is 16.2. The fraction of sp³-hybridized carbons (Fsp3) is 0.278. The van der Waals surface area contributed by atoms with Crippen LogP contribution in [0, 0.1) is 0 Å². The number of amides is 1. The lowest BCUT2D eigenvalue weighted by Gasteiger charge is -2.20. The first-order valence-electron chi connectivity index (χ1n) is 7.90. The zero-order valence-corrected chi connectivity index (χ0v) is 14.2. The van der Waals surface area contributed by atoms with E-state index in [-0.39, 0.29) is 11.1 Å². The minimum Gasteiger partial charge on any atom is -0.372 e. The van der Waals surface area contributed by atoms with E-state index in [0.29, 0.717) is 0 Å². The van der Waals surface area contributed by atoms with Crippen molar-refractivity contribution in [2.75, 3.05) is 18.0 Å². The number of aryl methyl sites for hydroxylation is 1. The molecule has 0 unspecified atom stereocenters. The smallest absolute Gasteiger partial charge is 0.276 e. The van der Waals surface area contributed by atoms with Crippen LogP contribution in [0.15, 0.2) is 52.5 Å². The molecule has 0 radical (unpaired) electrons. The Hall–Kier alpha value is -2.89. The molecular formula is C18H22N4O2. The topological polar surface area (TPSA) is 66.7 Å². The number of nitrogens with zero attached hydrogens (tertiary/aromatic N) is 3. The number of aromatic nitrogens is 1. The molecule has 24 heavy (non-hydrogen) atoms. The first-order valence-corrected chi connectivity index (χ1v) is 7.90. The molecule has 1 heterocycles. The van der Waals surface area contributed by atoms with E-state index in [1.54, 1.807) is 25.5 Å². The Morgan fingerprint density at radius 1 is 1.21 bits per heavy atom. The van der Waals surface area contributed by atoms with Crippen LogP contribution in [0.5, 0.6) is 0 Å². The molecule has 0 spiro atoms. The van der Waals surface area contributed by atoms with Crippen LogP contribution in [0.3, 0.4) is 0 Å². The van der Waals surface area contributed by atoms with E-state index >= 15 is 0 Å². The predicted octanol–water partition coefficient (Wildman–Crippen LogP) is 2.00. The monoisotopic (exact) mass is 326 g/mol. The Balaban J connectivity index is 2.02. The molecule has 1 aromatic heterocycles. The fourth-order valence-electron chi connectivity index (χ4n) is 2.36. The number of hydrogen-bond acceptors (Lipinski definition) is 4. The van der Waals surface area contributed by atoms with E-state index in [4.69, 9.17) is 0 Å². The van der Waals surface area contributed by atoms with Gasteiger partial charge in [-0.15, -0.1) is 0 Å². The number of benzene rings is 1. The fourth-order valence-corrected chi connectivity index (χ4v) is 2.36. The lowest BCUT2D eigenvalue weighted by molar-refractivity contribution is 0.0953. The van der Waals surface area contributed by atoms with Gasteiger partial charge < -0.3 is 9.47 Å². The zero-order chi connectivity index (χ0) is 17.5. The molecule has 1 N–H and O–H groups in total. The van der Waals surface area contributed by atoms with E-state index < -0.39 is 5.91 Å².